The molecule has 0 radical (unpaired) electrons. The van der Waals surface area contributed by atoms with Crippen LogP contribution in [-0.4, -0.2) is 34.6 Å². The molecule has 0 N–H and O–H groups in total. The normalized spacial score (nSPS) is 22.7. The molecule has 1 aromatic carbocycles. The van der Waals surface area contributed by atoms with Crippen LogP contribution in [0.3, 0.4) is 0 Å². The van der Waals surface area contributed by atoms with Crippen molar-refractivity contribution in [2.45, 2.75) is 50.8 Å². The number of nitrogens with zero attached hydrogens (tertiary/aromatic N) is 2. The summed E-state index contributed by atoms with van der Waals surface area (Å²) in [6.45, 7) is 6.28. The highest BCUT2D eigenvalue weighted by atomic mass is 35.5. The molecule has 0 unspecified atom stereocenters. The first kappa shape index (κ1) is 19.1. The third-order valence-electron chi connectivity index (χ3n) is 5.73. The molecule has 1 saturated heterocycles. The molecule has 0 spiro atoms. The van der Waals surface area contributed by atoms with Crippen LogP contribution < -0.4 is 0 Å². The highest BCUT2D eigenvalue weighted by molar-refractivity contribution is 8.00. The molecule has 1 aromatic heterocycles. The number of thioether (sulfide) groups is 1. The van der Waals surface area contributed by atoms with E-state index in [1.54, 1.807) is 11.8 Å². The molecule has 144 valence electrons. The van der Waals surface area contributed by atoms with Gasteiger partial charge in [-0.25, -0.2) is 0 Å². The third-order valence-corrected chi connectivity index (χ3v) is 7.11. The Labute approximate surface area is 170 Å². The Morgan fingerprint density at radius 3 is 2.74 bits per heavy atom. The first-order valence-electron chi connectivity index (χ1n) is 10.0. The number of hydrogen-bond acceptors (Lipinski definition) is 3. The number of piperidine rings is 1. The van der Waals surface area contributed by atoms with E-state index in [2.05, 4.69) is 18.7 Å². The van der Waals surface area contributed by atoms with Crippen molar-refractivity contribution in [3.05, 3.63) is 34.5 Å². The van der Waals surface area contributed by atoms with Crippen LogP contribution in [0.15, 0.2) is 23.1 Å². The van der Waals surface area contributed by atoms with Crippen molar-refractivity contribution in [2.24, 2.45) is 11.8 Å². The summed E-state index contributed by atoms with van der Waals surface area (Å²) in [6.07, 6.45) is 5.71. The summed E-state index contributed by atoms with van der Waals surface area (Å²) in [5.41, 5.74) is 3.55. The Morgan fingerprint density at radius 2 is 1.96 bits per heavy atom. The number of fused-ring (bicyclic) bond motifs is 2. The van der Waals surface area contributed by atoms with E-state index in [0.717, 1.165) is 41.9 Å². The van der Waals surface area contributed by atoms with Crippen molar-refractivity contribution < 1.29 is 4.79 Å². The topological polar surface area (TPSA) is 33.2 Å². The summed E-state index contributed by atoms with van der Waals surface area (Å²) in [6, 6.07) is 5.92. The van der Waals surface area contributed by atoms with Crippen LogP contribution in [0.4, 0.5) is 0 Å². The van der Waals surface area contributed by atoms with Crippen LogP contribution in [0.2, 0.25) is 5.02 Å². The second kappa shape index (κ2) is 8.00. The maximum atomic E-state index is 12.9. The zero-order valence-corrected chi connectivity index (χ0v) is 17.7. The van der Waals surface area contributed by atoms with Gasteiger partial charge in [-0.2, -0.15) is 0 Å². The molecule has 3 nitrogen and oxygen atoms in total. The Kier molecular flexibility index (Phi) is 5.65. The van der Waals surface area contributed by atoms with Gasteiger partial charge in [-0.3, -0.25) is 9.78 Å². The molecule has 0 saturated carbocycles. The molecule has 2 atom stereocenters. The Hall–Kier alpha value is -1.26. The number of benzene rings is 1. The molecule has 1 fully saturated rings. The Morgan fingerprint density at radius 1 is 1.22 bits per heavy atom. The highest BCUT2D eigenvalue weighted by Gasteiger charge is 2.26. The molecule has 2 aromatic rings. The lowest BCUT2D eigenvalue weighted by molar-refractivity contribution is -0.130. The predicted molar refractivity (Wildman–Crippen MR) is 114 cm³/mol. The average Bonchev–Trinajstić information content (AvgIpc) is 2.64. The Balaban J connectivity index is 1.61. The first-order valence-corrected chi connectivity index (χ1v) is 11.4. The van der Waals surface area contributed by atoms with Crippen molar-refractivity contribution in [3.63, 3.8) is 0 Å². The van der Waals surface area contributed by atoms with Gasteiger partial charge in [0.25, 0.3) is 0 Å². The summed E-state index contributed by atoms with van der Waals surface area (Å²) < 4.78 is 0. The van der Waals surface area contributed by atoms with Crippen molar-refractivity contribution in [2.75, 3.05) is 18.8 Å². The predicted octanol–water partition coefficient (Wildman–Crippen LogP) is 5.36. The monoisotopic (exact) mass is 402 g/mol. The van der Waals surface area contributed by atoms with E-state index < -0.39 is 0 Å². The second-order valence-electron chi connectivity index (χ2n) is 8.27. The van der Waals surface area contributed by atoms with Crippen molar-refractivity contribution in [3.8, 4) is 0 Å². The van der Waals surface area contributed by atoms with Gasteiger partial charge in [0, 0.05) is 34.1 Å². The number of carbonyl (C=O) groups excluding carboxylic acids is 1. The van der Waals surface area contributed by atoms with E-state index in [0.29, 0.717) is 17.6 Å². The molecular weight excluding hydrogens is 376 g/mol. The van der Waals surface area contributed by atoms with E-state index in [-0.39, 0.29) is 5.91 Å². The lowest BCUT2D eigenvalue weighted by Crippen LogP contribution is -2.43. The first-order chi connectivity index (χ1) is 13.0. The van der Waals surface area contributed by atoms with Crippen molar-refractivity contribution >= 4 is 40.2 Å². The standard InChI is InChI=1S/C22H27ClN2OS/c1-14-9-15(2)12-25(11-14)21(26)13-27-22-17-5-3-4-6-19(17)24-20-8-7-16(23)10-18(20)22/h7-8,10,14-15H,3-6,9,11-13H2,1-2H3/t14-,15-/m1/s1. The number of halogens is 1. The minimum Gasteiger partial charge on any atom is -0.341 e. The summed E-state index contributed by atoms with van der Waals surface area (Å²) in [5.74, 6) is 1.94. The summed E-state index contributed by atoms with van der Waals surface area (Å²) in [4.78, 5) is 21.1. The van der Waals surface area contributed by atoms with Gasteiger partial charge in [-0.15, -0.1) is 11.8 Å². The highest BCUT2D eigenvalue weighted by Crippen LogP contribution is 2.37. The van der Waals surface area contributed by atoms with Crippen LogP contribution in [0, 0.1) is 11.8 Å². The number of likely N-dealkylation sites (tertiary alicyclic amines) is 1. The zero-order valence-electron chi connectivity index (χ0n) is 16.1. The molecule has 1 aliphatic carbocycles. The van der Waals surface area contributed by atoms with E-state index in [1.807, 2.05) is 18.2 Å². The van der Waals surface area contributed by atoms with Crippen LogP contribution in [-0.2, 0) is 17.6 Å². The SMILES string of the molecule is C[C@@H]1C[C@@H](C)CN(C(=O)CSc2c3c(nc4ccc(Cl)cc24)CCCC3)C1. The minimum atomic E-state index is 0.259. The smallest absolute Gasteiger partial charge is 0.232 e. The van der Waals surface area contributed by atoms with Crippen LogP contribution in [0.25, 0.3) is 10.9 Å². The van der Waals surface area contributed by atoms with Gasteiger partial charge in [-0.05, 0) is 67.7 Å². The lowest BCUT2D eigenvalue weighted by atomic mass is 9.92. The van der Waals surface area contributed by atoms with Gasteiger partial charge in [0.1, 0.15) is 0 Å². The fraction of sp³-hybridized carbons (Fsp3) is 0.545. The molecule has 0 bridgehead atoms. The zero-order chi connectivity index (χ0) is 19.0. The van der Waals surface area contributed by atoms with E-state index in [4.69, 9.17) is 16.6 Å². The molecule has 2 aliphatic rings. The third kappa shape index (κ3) is 4.12. The maximum Gasteiger partial charge on any atom is 0.232 e. The molecule has 5 heteroatoms. The molecule has 27 heavy (non-hydrogen) atoms. The lowest BCUT2D eigenvalue weighted by Gasteiger charge is -2.35. The Bertz CT molecular complexity index is 859. The molecule has 4 rings (SSSR count). The molecular formula is C22H27ClN2OS. The van der Waals surface area contributed by atoms with Gasteiger partial charge in [0.05, 0.1) is 11.3 Å². The number of aryl methyl sites for hydroxylation is 1. The molecule has 1 aliphatic heterocycles. The summed E-state index contributed by atoms with van der Waals surface area (Å²) >= 11 is 7.97. The number of pyridine rings is 1. The van der Waals surface area contributed by atoms with Crippen molar-refractivity contribution in [1.82, 2.24) is 9.88 Å². The van der Waals surface area contributed by atoms with E-state index in [1.165, 1.54) is 35.4 Å². The van der Waals surface area contributed by atoms with Crippen LogP contribution in [0.5, 0.6) is 0 Å². The average molecular weight is 403 g/mol. The van der Waals surface area contributed by atoms with Crippen molar-refractivity contribution in [1.29, 1.82) is 0 Å². The number of hydrogen-bond donors (Lipinski definition) is 0. The second-order valence-corrected chi connectivity index (χ2v) is 9.69. The van der Waals surface area contributed by atoms with Gasteiger partial charge in [0.15, 0.2) is 0 Å². The van der Waals surface area contributed by atoms with E-state index in [9.17, 15) is 4.79 Å². The molecule has 2 heterocycles. The number of amides is 1. The van der Waals surface area contributed by atoms with Gasteiger partial charge < -0.3 is 4.90 Å². The maximum absolute atomic E-state index is 12.9. The summed E-state index contributed by atoms with van der Waals surface area (Å²) in [7, 11) is 0. The van der Waals surface area contributed by atoms with Crippen LogP contribution >= 0.6 is 23.4 Å². The fourth-order valence-corrected chi connectivity index (χ4v) is 5.95. The van der Waals surface area contributed by atoms with E-state index >= 15 is 0 Å². The summed E-state index contributed by atoms with van der Waals surface area (Å²) in [5, 5.41) is 1.83. The number of rotatable bonds is 3. The largest absolute Gasteiger partial charge is 0.341 e. The number of carbonyl (C=O) groups is 1. The van der Waals surface area contributed by atoms with Gasteiger partial charge >= 0.3 is 0 Å². The van der Waals surface area contributed by atoms with Gasteiger partial charge in [0.2, 0.25) is 5.91 Å². The number of aromatic nitrogens is 1. The van der Waals surface area contributed by atoms with Gasteiger partial charge in [-0.1, -0.05) is 25.4 Å². The fourth-order valence-electron chi connectivity index (χ4n) is 4.61. The molecule has 1 amide bonds. The quantitative estimate of drug-likeness (QED) is 0.647. The van der Waals surface area contributed by atoms with Crippen LogP contribution in [0.1, 0.15) is 44.4 Å². The minimum absolute atomic E-state index is 0.259.